The van der Waals surface area contributed by atoms with Crippen molar-refractivity contribution in [2.24, 2.45) is 5.92 Å². The summed E-state index contributed by atoms with van der Waals surface area (Å²) < 4.78 is 0. The molecule has 0 nitrogen and oxygen atoms in total. The third kappa shape index (κ3) is 2.17. The molecule has 0 N–H and O–H groups in total. The van der Waals surface area contributed by atoms with Crippen molar-refractivity contribution in [3.8, 4) is 0 Å². The standard InChI is InChI=1S/C14H22/c1-9(2)13(6)14-8-11(4)10(3)7-12(14)5/h7-9,13H,1-6H3. The lowest BCUT2D eigenvalue weighted by molar-refractivity contribution is 0.532. The monoisotopic (exact) mass is 190 g/mol. The summed E-state index contributed by atoms with van der Waals surface area (Å²) in [5.41, 5.74) is 5.78. The van der Waals surface area contributed by atoms with Crippen LogP contribution in [0.3, 0.4) is 0 Å². The van der Waals surface area contributed by atoms with Gasteiger partial charge in [-0.15, -0.1) is 0 Å². The van der Waals surface area contributed by atoms with Gasteiger partial charge in [0.15, 0.2) is 0 Å². The Balaban J connectivity index is 3.15. The lowest BCUT2D eigenvalue weighted by Crippen LogP contribution is -2.05. The molecule has 0 fully saturated rings. The fourth-order valence-corrected chi connectivity index (χ4v) is 1.83. The van der Waals surface area contributed by atoms with Crippen molar-refractivity contribution in [3.05, 3.63) is 34.4 Å². The van der Waals surface area contributed by atoms with E-state index in [1.165, 1.54) is 22.3 Å². The van der Waals surface area contributed by atoms with E-state index in [0.717, 1.165) is 5.92 Å². The highest BCUT2D eigenvalue weighted by Crippen LogP contribution is 2.28. The Hall–Kier alpha value is -0.780. The van der Waals surface area contributed by atoms with Crippen LogP contribution in [0, 0.1) is 26.7 Å². The van der Waals surface area contributed by atoms with Gasteiger partial charge in [-0.2, -0.15) is 0 Å². The molecule has 1 aromatic rings. The summed E-state index contributed by atoms with van der Waals surface area (Å²) in [4.78, 5) is 0. The maximum Gasteiger partial charge on any atom is -0.0165 e. The molecule has 14 heavy (non-hydrogen) atoms. The molecule has 0 aliphatic carbocycles. The van der Waals surface area contributed by atoms with Crippen LogP contribution in [-0.2, 0) is 0 Å². The average Bonchev–Trinajstić information content (AvgIpc) is 2.10. The highest BCUT2D eigenvalue weighted by Gasteiger charge is 2.12. The first-order chi connectivity index (χ1) is 6.43. The summed E-state index contributed by atoms with van der Waals surface area (Å²) in [6.45, 7) is 13.5. The molecule has 0 heterocycles. The number of rotatable bonds is 2. The van der Waals surface area contributed by atoms with Gasteiger partial charge in [0.25, 0.3) is 0 Å². The third-order valence-electron chi connectivity index (χ3n) is 3.37. The Bertz CT molecular complexity index is 321. The number of hydrogen-bond donors (Lipinski definition) is 0. The molecule has 0 aliphatic rings. The maximum atomic E-state index is 2.36. The van der Waals surface area contributed by atoms with E-state index in [4.69, 9.17) is 0 Å². The van der Waals surface area contributed by atoms with E-state index in [2.05, 4.69) is 53.7 Å². The van der Waals surface area contributed by atoms with E-state index in [-0.39, 0.29) is 0 Å². The lowest BCUT2D eigenvalue weighted by Gasteiger charge is -2.20. The Morgan fingerprint density at radius 3 is 1.79 bits per heavy atom. The Morgan fingerprint density at radius 2 is 1.29 bits per heavy atom. The van der Waals surface area contributed by atoms with Crippen molar-refractivity contribution in [2.45, 2.75) is 47.5 Å². The molecular formula is C14H22. The van der Waals surface area contributed by atoms with Gasteiger partial charge < -0.3 is 0 Å². The molecule has 1 atom stereocenters. The van der Waals surface area contributed by atoms with Gasteiger partial charge >= 0.3 is 0 Å². The minimum atomic E-state index is 0.661. The van der Waals surface area contributed by atoms with Crippen molar-refractivity contribution < 1.29 is 0 Å². The Kier molecular flexibility index (Phi) is 3.36. The summed E-state index contributed by atoms with van der Waals surface area (Å²) in [7, 11) is 0. The molecule has 0 spiro atoms. The van der Waals surface area contributed by atoms with Gasteiger partial charge in [0.2, 0.25) is 0 Å². The van der Waals surface area contributed by atoms with E-state index in [0.29, 0.717) is 5.92 Å². The Morgan fingerprint density at radius 1 is 0.786 bits per heavy atom. The summed E-state index contributed by atoms with van der Waals surface area (Å²) in [6, 6.07) is 4.67. The minimum Gasteiger partial charge on any atom is -0.0622 e. The molecule has 0 aromatic heterocycles. The lowest BCUT2D eigenvalue weighted by atomic mass is 9.86. The number of aryl methyl sites for hydroxylation is 3. The fourth-order valence-electron chi connectivity index (χ4n) is 1.83. The molecular weight excluding hydrogens is 168 g/mol. The molecule has 0 aliphatic heterocycles. The predicted molar refractivity (Wildman–Crippen MR) is 63.9 cm³/mol. The molecule has 1 aromatic carbocycles. The Labute approximate surface area is 88.4 Å². The minimum absolute atomic E-state index is 0.661. The quantitative estimate of drug-likeness (QED) is 0.649. The predicted octanol–water partition coefficient (Wildman–Crippen LogP) is 4.37. The molecule has 0 amide bonds. The second kappa shape index (κ2) is 4.16. The second-order valence-corrected chi connectivity index (χ2v) is 4.83. The first-order valence-corrected chi connectivity index (χ1v) is 5.51. The van der Waals surface area contributed by atoms with E-state index in [9.17, 15) is 0 Å². The van der Waals surface area contributed by atoms with E-state index >= 15 is 0 Å². The smallest absolute Gasteiger partial charge is 0.0165 e. The van der Waals surface area contributed by atoms with Crippen LogP contribution in [0.5, 0.6) is 0 Å². The molecule has 0 bridgehead atoms. The highest BCUT2D eigenvalue weighted by molar-refractivity contribution is 5.38. The zero-order valence-corrected chi connectivity index (χ0v) is 10.3. The molecule has 0 saturated carbocycles. The van der Waals surface area contributed by atoms with Crippen molar-refractivity contribution in [1.82, 2.24) is 0 Å². The zero-order chi connectivity index (χ0) is 10.9. The normalized spacial score (nSPS) is 13.4. The summed E-state index contributed by atoms with van der Waals surface area (Å²) in [5, 5.41) is 0. The van der Waals surface area contributed by atoms with Crippen molar-refractivity contribution in [1.29, 1.82) is 0 Å². The summed E-state index contributed by atoms with van der Waals surface area (Å²) in [6.07, 6.45) is 0. The van der Waals surface area contributed by atoms with Gasteiger partial charge in [0, 0.05) is 0 Å². The molecule has 0 radical (unpaired) electrons. The van der Waals surface area contributed by atoms with Gasteiger partial charge in [0.05, 0.1) is 0 Å². The van der Waals surface area contributed by atoms with Crippen molar-refractivity contribution >= 4 is 0 Å². The van der Waals surface area contributed by atoms with E-state index < -0.39 is 0 Å². The molecule has 1 unspecified atom stereocenters. The summed E-state index contributed by atoms with van der Waals surface area (Å²) >= 11 is 0. The van der Waals surface area contributed by atoms with Crippen LogP contribution in [0.1, 0.15) is 48.9 Å². The van der Waals surface area contributed by atoms with E-state index in [1.54, 1.807) is 0 Å². The zero-order valence-electron chi connectivity index (χ0n) is 10.3. The summed E-state index contributed by atoms with van der Waals surface area (Å²) in [5.74, 6) is 1.38. The number of hydrogen-bond acceptors (Lipinski definition) is 0. The first kappa shape index (κ1) is 11.3. The van der Waals surface area contributed by atoms with Crippen LogP contribution < -0.4 is 0 Å². The van der Waals surface area contributed by atoms with Crippen LogP contribution in [0.4, 0.5) is 0 Å². The van der Waals surface area contributed by atoms with Crippen LogP contribution in [0.25, 0.3) is 0 Å². The molecule has 0 saturated heterocycles. The van der Waals surface area contributed by atoms with Gasteiger partial charge in [-0.25, -0.2) is 0 Å². The SMILES string of the molecule is Cc1cc(C)c(C(C)C(C)C)cc1C. The third-order valence-corrected chi connectivity index (χ3v) is 3.37. The van der Waals surface area contributed by atoms with Gasteiger partial charge in [-0.05, 0) is 54.9 Å². The van der Waals surface area contributed by atoms with Gasteiger partial charge in [-0.3, -0.25) is 0 Å². The molecule has 1 rings (SSSR count). The van der Waals surface area contributed by atoms with E-state index in [1.807, 2.05) is 0 Å². The van der Waals surface area contributed by atoms with Crippen LogP contribution >= 0.6 is 0 Å². The van der Waals surface area contributed by atoms with Crippen LogP contribution in [0.15, 0.2) is 12.1 Å². The van der Waals surface area contributed by atoms with Crippen molar-refractivity contribution in [2.75, 3.05) is 0 Å². The van der Waals surface area contributed by atoms with Crippen LogP contribution in [0.2, 0.25) is 0 Å². The van der Waals surface area contributed by atoms with Gasteiger partial charge in [0.1, 0.15) is 0 Å². The second-order valence-electron chi connectivity index (χ2n) is 4.83. The first-order valence-electron chi connectivity index (χ1n) is 5.51. The van der Waals surface area contributed by atoms with Gasteiger partial charge in [-0.1, -0.05) is 32.9 Å². The fraction of sp³-hybridized carbons (Fsp3) is 0.571. The molecule has 0 heteroatoms. The highest BCUT2D eigenvalue weighted by atomic mass is 14.2. The largest absolute Gasteiger partial charge is 0.0622 e. The maximum absolute atomic E-state index is 2.36. The topological polar surface area (TPSA) is 0 Å². The molecule has 78 valence electrons. The number of benzene rings is 1. The average molecular weight is 190 g/mol. The van der Waals surface area contributed by atoms with Crippen molar-refractivity contribution in [3.63, 3.8) is 0 Å². The van der Waals surface area contributed by atoms with Crippen LogP contribution in [-0.4, -0.2) is 0 Å².